The Labute approximate surface area is 217 Å². The first-order valence-electron chi connectivity index (χ1n) is 11.4. The van der Waals surface area contributed by atoms with Gasteiger partial charge in [0.1, 0.15) is 17.0 Å². The quantitative estimate of drug-likeness (QED) is 0.236. The number of aryl methyl sites for hydroxylation is 1. The second-order valence-corrected chi connectivity index (χ2v) is 8.54. The molecule has 0 spiro atoms. The van der Waals surface area contributed by atoms with Crippen molar-refractivity contribution in [3.05, 3.63) is 108 Å². The standard InChI is InChI=1S/C28H21N5O3S/c1-17-24(25(33-36-17)19-12-6-3-7-13-19)27(35)30-28(37)32-31-26(34)21-16-23(18-10-4-2-5-11-18)29-22-15-9-8-14-20(21)22/h2-16H,1H3,(H,31,34)(H2,30,32,35,37). The van der Waals surface area contributed by atoms with Crippen LogP contribution in [0.25, 0.3) is 33.4 Å². The van der Waals surface area contributed by atoms with Crippen LogP contribution in [0.4, 0.5) is 0 Å². The number of nitrogens with one attached hydrogen (secondary N) is 3. The third kappa shape index (κ3) is 5.07. The number of amides is 2. The first kappa shape index (κ1) is 23.8. The van der Waals surface area contributed by atoms with Gasteiger partial charge < -0.3 is 4.52 Å². The number of fused-ring (bicyclic) bond motifs is 1. The van der Waals surface area contributed by atoms with E-state index in [1.165, 1.54) is 0 Å². The lowest BCUT2D eigenvalue weighted by molar-refractivity contribution is 0.0935. The number of benzene rings is 3. The Kier molecular flexibility index (Phi) is 6.69. The first-order valence-corrected chi connectivity index (χ1v) is 11.8. The molecule has 0 atom stereocenters. The fraction of sp³-hybridized carbons (Fsp3) is 0.0357. The van der Waals surface area contributed by atoms with Gasteiger partial charge in [-0.25, -0.2) is 4.98 Å². The van der Waals surface area contributed by atoms with Crippen LogP contribution in [0.1, 0.15) is 26.5 Å². The van der Waals surface area contributed by atoms with Crippen LogP contribution in [0.5, 0.6) is 0 Å². The summed E-state index contributed by atoms with van der Waals surface area (Å²) in [4.78, 5) is 30.8. The second-order valence-electron chi connectivity index (χ2n) is 8.13. The Morgan fingerprint density at radius 1 is 0.811 bits per heavy atom. The lowest BCUT2D eigenvalue weighted by Gasteiger charge is -2.13. The lowest BCUT2D eigenvalue weighted by Crippen LogP contribution is -2.48. The van der Waals surface area contributed by atoms with Crippen molar-refractivity contribution >= 4 is 40.0 Å². The predicted octanol–water partition coefficient (Wildman–Crippen LogP) is 4.81. The number of aromatic nitrogens is 2. The van der Waals surface area contributed by atoms with Gasteiger partial charge in [0.2, 0.25) is 0 Å². The van der Waals surface area contributed by atoms with E-state index in [-0.39, 0.29) is 10.7 Å². The van der Waals surface area contributed by atoms with Gasteiger partial charge in [0, 0.05) is 16.5 Å². The van der Waals surface area contributed by atoms with E-state index < -0.39 is 11.8 Å². The molecular formula is C28H21N5O3S. The van der Waals surface area contributed by atoms with E-state index in [9.17, 15) is 9.59 Å². The van der Waals surface area contributed by atoms with Gasteiger partial charge in [0.25, 0.3) is 11.8 Å². The van der Waals surface area contributed by atoms with E-state index in [1.807, 2.05) is 84.9 Å². The van der Waals surface area contributed by atoms with E-state index in [0.717, 1.165) is 11.1 Å². The van der Waals surface area contributed by atoms with Gasteiger partial charge in [0.05, 0.1) is 16.8 Å². The number of nitrogens with zero attached hydrogens (tertiary/aromatic N) is 2. The minimum absolute atomic E-state index is 0.0837. The van der Waals surface area contributed by atoms with Crippen LogP contribution in [0, 0.1) is 6.92 Å². The molecule has 37 heavy (non-hydrogen) atoms. The molecule has 0 unspecified atom stereocenters. The van der Waals surface area contributed by atoms with Gasteiger partial charge in [-0.3, -0.25) is 25.8 Å². The highest BCUT2D eigenvalue weighted by atomic mass is 32.1. The molecule has 2 heterocycles. The summed E-state index contributed by atoms with van der Waals surface area (Å²) in [7, 11) is 0. The minimum atomic E-state index is -0.509. The zero-order chi connectivity index (χ0) is 25.8. The highest BCUT2D eigenvalue weighted by molar-refractivity contribution is 7.80. The maximum Gasteiger partial charge on any atom is 0.270 e. The zero-order valence-electron chi connectivity index (χ0n) is 19.7. The molecule has 5 aromatic rings. The number of carbonyl (C=O) groups is 2. The SMILES string of the molecule is Cc1onc(-c2ccccc2)c1C(=O)NC(=S)NNC(=O)c1cc(-c2ccccc2)nc2ccccc12. The molecule has 182 valence electrons. The fourth-order valence-corrected chi connectivity index (χ4v) is 4.07. The number of para-hydroxylation sites is 1. The van der Waals surface area contributed by atoms with Crippen LogP contribution in [0.3, 0.4) is 0 Å². The summed E-state index contributed by atoms with van der Waals surface area (Å²) in [6, 6.07) is 27.9. The van der Waals surface area contributed by atoms with Gasteiger partial charge in [-0.1, -0.05) is 84.0 Å². The first-order chi connectivity index (χ1) is 18.0. The summed E-state index contributed by atoms with van der Waals surface area (Å²) in [6.45, 7) is 1.64. The zero-order valence-corrected chi connectivity index (χ0v) is 20.5. The van der Waals surface area contributed by atoms with Crippen LogP contribution < -0.4 is 16.2 Å². The summed E-state index contributed by atoms with van der Waals surface area (Å²) in [6.07, 6.45) is 0. The molecule has 0 fully saturated rings. The van der Waals surface area contributed by atoms with E-state index in [1.54, 1.807) is 13.0 Å². The molecule has 5 rings (SSSR count). The molecule has 3 N–H and O–H groups in total. The Morgan fingerprint density at radius 3 is 2.19 bits per heavy atom. The molecule has 0 bridgehead atoms. The van der Waals surface area contributed by atoms with E-state index in [0.29, 0.717) is 33.6 Å². The van der Waals surface area contributed by atoms with Crippen molar-refractivity contribution in [3.63, 3.8) is 0 Å². The number of carbonyl (C=O) groups excluding carboxylic acids is 2. The maximum absolute atomic E-state index is 13.2. The highest BCUT2D eigenvalue weighted by Crippen LogP contribution is 2.26. The molecule has 8 nitrogen and oxygen atoms in total. The Bertz CT molecular complexity index is 1620. The van der Waals surface area contributed by atoms with E-state index in [4.69, 9.17) is 21.7 Å². The fourth-order valence-electron chi connectivity index (χ4n) is 3.93. The topological polar surface area (TPSA) is 109 Å². The van der Waals surface area contributed by atoms with Crippen LogP contribution in [0.2, 0.25) is 0 Å². The monoisotopic (exact) mass is 507 g/mol. The van der Waals surface area contributed by atoms with Crippen LogP contribution >= 0.6 is 12.2 Å². The van der Waals surface area contributed by atoms with Crippen molar-refractivity contribution < 1.29 is 14.1 Å². The van der Waals surface area contributed by atoms with Crippen LogP contribution in [-0.4, -0.2) is 27.1 Å². The van der Waals surface area contributed by atoms with E-state index >= 15 is 0 Å². The van der Waals surface area contributed by atoms with Gasteiger partial charge in [0.15, 0.2) is 5.11 Å². The van der Waals surface area contributed by atoms with Crippen LogP contribution in [-0.2, 0) is 0 Å². The third-order valence-electron chi connectivity index (χ3n) is 5.68. The molecule has 2 amide bonds. The summed E-state index contributed by atoms with van der Waals surface area (Å²) in [5, 5.41) is 7.18. The molecular weight excluding hydrogens is 486 g/mol. The smallest absolute Gasteiger partial charge is 0.270 e. The van der Waals surface area contributed by atoms with Crippen molar-refractivity contribution in [1.29, 1.82) is 0 Å². The molecule has 0 aliphatic heterocycles. The van der Waals surface area contributed by atoms with Gasteiger partial charge >= 0.3 is 0 Å². The predicted molar refractivity (Wildman–Crippen MR) is 145 cm³/mol. The van der Waals surface area contributed by atoms with Crippen molar-refractivity contribution in [2.24, 2.45) is 0 Å². The van der Waals surface area contributed by atoms with E-state index in [2.05, 4.69) is 21.3 Å². The Balaban J connectivity index is 1.32. The van der Waals surface area contributed by atoms with Crippen molar-refractivity contribution in [1.82, 2.24) is 26.3 Å². The average Bonchev–Trinajstić information content (AvgIpc) is 3.33. The summed E-state index contributed by atoms with van der Waals surface area (Å²) in [5.74, 6) is -0.594. The molecule has 0 aliphatic rings. The molecule has 0 saturated heterocycles. The summed E-state index contributed by atoms with van der Waals surface area (Å²) in [5.41, 5.74) is 9.21. The molecule has 0 saturated carbocycles. The number of pyridine rings is 1. The normalized spacial score (nSPS) is 10.6. The van der Waals surface area contributed by atoms with Crippen molar-refractivity contribution in [2.75, 3.05) is 0 Å². The van der Waals surface area contributed by atoms with Gasteiger partial charge in [-0.05, 0) is 31.3 Å². The molecule has 2 aromatic heterocycles. The highest BCUT2D eigenvalue weighted by Gasteiger charge is 2.22. The maximum atomic E-state index is 13.2. The molecule has 0 radical (unpaired) electrons. The molecule has 0 aliphatic carbocycles. The lowest BCUT2D eigenvalue weighted by atomic mass is 10.0. The number of thiocarbonyl (C=S) groups is 1. The number of hydrogen-bond donors (Lipinski definition) is 3. The second kappa shape index (κ2) is 10.4. The number of rotatable bonds is 4. The Hall–Kier alpha value is -4.89. The average molecular weight is 508 g/mol. The van der Waals surface area contributed by atoms with Gasteiger partial charge in [-0.15, -0.1) is 0 Å². The summed E-state index contributed by atoms with van der Waals surface area (Å²) >= 11 is 5.25. The Morgan fingerprint density at radius 2 is 1.46 bits per heavy atom. The van der Waals surface area contributed by atoms with Crippen molar-refractivity contribution in [3.8, 4) is 22.5 Å². The minimum Gasteiger partial charge on any atom is -0.360 e. The largest absolute Gasteiger partial charge is 0.360 e. The molecule has 3 aromatic carbocycles. The van der Waals surface area contributed by atoms with Crippen LogP contribution in [0.15, 0.2) is 95.5 Å². The molecule has 9 heteroatoms. The summed E-state index contributed by atoms with van der Waals surface area (Å²) < 4.78 is 5.25. The van der Waals surface area contributed by atoms with Crippen molar-refractivity contribution in [2.45, 2.75) is 6.92 Å². The third-order valence-corrected chi connectivity index (χ3v) is 5.89. The number of hydrazine groups is 1. The van der Waals surface area contributed by atoms with Gasteiger partial charge in [-0.2, -0.15) is 0 Å². The number of hydrogen-bond acceptors (Lipinski definition) is 6.